The van der Waals surface area contributed by atoms with Crippen molar-refractivity contribution in [2.75, 3.05) is 11.8 Å². The summed E-state index contributed by atoms with van der Waals surface area (Å²) in [5, 5.41) is 10.6. The molecule has 0 spiro atoms. The minimum Gasteiger partial charge on any atom is -0.453 e. The van der Waals surface area contributed by atoms with Gasteiger partial charge < -0.3 is 15.4 Å². The molecule has 2 atom stereocenters. The number of thiophene rings is 1. The van der Waals surface area contributed by atoms with Crippen molar-refractivity contribution in [3.05, 3.63) is 93.3 Å². The zero-order chi connectivity index (χ0) is 28.7. The number of rotatable bonds is 11. The standard InChI is InChI=1S/C26H25ClN4O6S3/c1-37-26(33)30-21(14-16-5-3-2-4-6-16)24(32)28-20(13-17-7-9-18(10-8-17)31-40(34,35)36)22-15-39-25(29-22)23-19(27)11-12-38-23/h2-12,15,20-21,31H,13-14H2,1H3,(H,28,32)(H,30,33)(H,34,35,36)/t20-,21-/m0/s1. The fourth-order valence-corrected chi connectivity index (χ4v) is 6.48. The lowest BCUT2D eigenvalue weighted by Gasteiger charge is -2.23. The van der Waals surface area contributed by atoms with Gasteiger partial charge in [-0.05, 0) is 41.1 Å². The normalized spacial score (nSPS) is 12.8. The van der Waals surface area contributed by atoms with Gasteiger partial charge in [0, 0.05) is 11.8 Å². The number of ether oxygens (including phenoxy) is 1. The van der Waals surface area contributed by atoms with Crippen LogP contribution in [-0.4, -0.2) is 43.1 Å². The molecule has 4 N–H and O–H groups in total. The number of amides is 2. The predicted molar refractivity (Wildman–Crippen MR) is 156 cm³/mol. The first-order valence-corrected chi connectivity index (χ1v) is 15.4. The van der Waals surface area contributed by atoms with Gasteiger partial charge in [0.05, 0.1) is 34.4 Å². The summed E-state index contributed by atoms with van der Waals surface area (Å²) in [5.74, 6) is -0.437. The van der Waals surface area contributed by atoms with Gasteiger partial charge in [-0.15, -0.1) is 22.7 Å². The third-order valence-electron chi connectivity index (χ3n) is 5.72. The highest BCUT2D eigenvalue weighted by Crippen LogP contribution is 2.36. The molecule has 0 aliphatic rings. The Hall–Kier alpha value is -3.49. The number of hydrogen-bond acceptors (Lipinski definition) is 8. The van der Waals surface area contributed by atoms with Crippen molar-refractivity contribution in [3.8, 4) is 9.88 Å². The van der Waals surface area contributed by atoms with Crippen LogP contribution in [-0.2, 0) is 32.7 Å². The zero-order valence-electron chi connectivity index (χ0n) is 21.0. The molecule has 0 saturated carbocycles. The number of nitrogens with zero attached hydrogens (tertiary/aromatic N) is 1. The summed E-state index contributed by atoms with van der Waals surface area (Å²) in [6.45, 7) is 0. The van der Waals surface area contributed by atoms with Gasteiger partial charge in [-0.25, -0.2) is 9.78 Å². The first-order chi connectivity index (χ1) is 19.1. The third kappa shape index (κ3) is 8.26. The van der Waals surface area contributed by atoms with Gasteiger partial charge in [0.15, 0.2) is 0 Å². The maximum atomic E-state index is 13.5. The lowest BCUT2D eigenvalue weighted by molar-refractivity contribution is -0.123. The molecular weight excluding hydrogens is 596 g/mol. The molecule has 0 fully saturated rings. The molecule has 2 aromatic heterocycles. The topological polar surface area (TPSA) is 147 Å². The van der Waals surface area contributed by atoms with Crippen LogP contribution >= 0.6 is 34.3 Å². The Morgan fingerprint density at radius 3 is 2.33 bits per heavy atom. The predicted octanol–water partition coefficient (Wildman–Crippen LogP) is 5.11. The highest BCUT2D eigenvalue weighted by atomic mass is 35.5. The number of benzene rings is 2. The van der Waals surface area contributed by atoms with E-state index in [-0.39, 0.29) is 12.1 Å². The Kier molecular flexibility index (Phi) is 9.76. The van der Waals surface area contributed by atoms with Crippen LogP contribution in [0.1, 0.15) is 22.9 Å². The van der Waals surface area contributed by atoms with E-state index < -0.39 is 34.4 Å². The van der Waals surface area contributed by atoms with Crippen LogP contribution in [0.3, 0.4) is 0 Å². The number of nitrogens with one attached hydrogen (secondary N) is 3. The van der Waals surface area contributed by atoms with E-state index >= 15 is 0 Å². The second-order valence-corrected chi connectivity index (χ2v) is 11.9. The summed E-state index contributed by atoms with van der Waals surface area (Å²) in [5.41, 5.74) is 2.38. The number of anilines is 1. The van der Waals surface area contributed by atoms with Crippen molar-refractivity contribution in [1.29, 1.82) is 0 Å². The Balaban J connectivity index is 1.61. The van der Waals surface area contributed by atoms with E-state index in [1.165, 1.54) is 41.9 Å². The summed E-state index contributed by atoms with van der Waals surface area (Å²) < 4.78 is 38.0. The quantitative estimate of drug-likeness (QED) is 0.170. The molecular formula is C26H25ClN4O6S3. The Bertz CT molecular complexity index is 1560. The molecule has 2 amide bonds. The minimum absolute atomic E-state index is 0.181. The summed E-state index contributed by atoms with van der Waals surface area (Å²) in [7, 11) is -3.19. The summed E-state index contributed by atoms with van der Waals surface area (Å²) in [6, 6.07) is 15.9. The molecule has 210 valence electrons. The second-order valence-electron chi connectivity index (χ2n) is 8.59. The molecule has 4 aromatic rings. The van der Waals surface area contributed by atoms with Crippen molar-refractivity contribution >= 4 is 62.3 Å². The van der Waals surface area contributed by atoms with E-state index in [1.807, 2.05) is 45.8 Å². The highest BCUT2D eigenvalue weighted by Gasteiger charge is 2.27. The fourth-order valence-electron chi connectivity index (χ4n) is 3.85. The third-order valence-corrected chi connectivity index (χ3v) is 8.57. The molecule has 40 heavy (non-hydrogen) atoms. The first kappa shape index (κ1) is 29.5. The van der Waals surface area contributed by atoms with E-state index in [9.17, 15) is 18.0 Å². The monoisotopic (exact) mass is 620 g/mol. The Morgan fingerprint density at radius 1 is 1.00 bits per heavy atom. The second kappa shape index (κ2) is 13.2. The number of methoxy groups -OCH3 is 1. The van der Waals surface area contributed by atoms with Crippen molar-refractivity contribution in [3.63, 3.8) is 0 Å². The number of hydrogen-bond donors (Lipinski definition) is 4. The molecule has 0 radical (unpaired) electrons. The highest BCUT2D eigenvalue weighted by molar-refractivity contribution is 7.87. The first-order valence-electron chi connectivity index (χ1n) is 11.8. The number of alkyl carbamates (subject to hydrolysis) is 1. The molecule has 2 heterocycles. The average Bonchev–Trinajstić information content (AvgIpc) is 3.57. The zero-order valence-corrected chi connectivity index (χ0v) is 24.2. The Morgan fingerprint density at radius 2 is 1.70 bits per heavy atom. The molecule has 0 aliphatic heterocycles. The summed E-state index contributed by atoms with van der Waals surface area (Å²) >= 11 is 9.16. The maximum absolute atomic E-state index is 13.5. The van der Waals surface area contributed by atoms with E-state index in [4.69, 9.17) is 25.9 Å². The summed E-state index contributed by atoms with van der Waals surface area (Å²) in [4.78, 5) is 31.2. The van der Waals surface area contributed by atoms with Crippen molar-refractivity contribution in [2.45, 2.75) is 24.9 Å². The van der Waals surface area contributed by atoms with Crippen molar-refractivity contribution in [1.82, 2.24) is 15.6 Å². The van der Waals surface area contributed by atoms with E-state index in [0.29, 0.717) is 22.1 Å². The van der Waals surface area contributed by atoms with Crippen LogP contribution in [0.4, 0.5) is 10.5 Å². The van der Waals surface area contributed by atoms with Crippen LogP contribution in [0.15, 0.2) is 71.4 Å². The number of aromatic nitrogens is 1. The van der Waals surface area contributed by atoms with Gasteiger partial charge in [-0.2, -0.15) is 8.42 Å². The number of thiazole rings is 1. The van der Waals surface area contributed by atoms with E-state index in [0.717, 1.165) is 16.0 Å². The van der Waals surface area contributed by atoms with Crippen molar-refractivity contribution in [2.24, 2.45) is 0 Å². The average molecular weight is 621 g/mol. The molecule has 0 bridgehead atoms. The number of carbonyl (C=O) groups excluding carboxylic acids is 2. The molecule has 0 saturated heterocycles. The van der Waals surface area contributed by atoms with Crippen LogP contribution in [0.25, 0.3) is 9.88 Å². The Labute approximate surface area is 244 Å². The fraction of sp³-hybridized carbons (Fsp3) is 0.192. The number of carbonyl (C=O) groups is 2. The lowest BCUT2D eigenvalue weighted by Crippen LogP contribution is -2.49. The van der Waals surface area contributed by atoms with Gasteiger partial charge >= 0.3 is 16.4 Å². The van der Waals surface area contributed by atoms with Gasteiger partial charge in [0.1, 0.15) is 11.0 Å². The van der Waals surface area contributed by atoms with Gasteiger partial charge in [0.2, 0.25) is 5.91 Å². The number of halogens is 1. The summed E-state index contributed by atoms with van der Waals surface area (Å²) in [6.07, 6.45) is -0.203. The molecule has 2 aromatic carbocycles. The van der Waals surface area contributed by atoms with Crippen LogP contribution < -0.4 is 15.4 Å². The van der Waals surface area contributed by atoms with Crippen LogP contribution in [0.5, 0.6) is 0 Å². The van der Waals surface area contributed by atoms with Gasteiger partial charge in [-0.1, -0.05) is 54.1 Å². The smallest absolute Gasteiger partial charge is 0.407 e. The minimum atomic E-state index is -4.41. The largest absolute Gasteiger partial charge is 0.453 e. The van der Waals surface area contributed by atoms with E-state index in [2.05, 4.69) is 10.6 Å². The molecule has 14 heteroatoms. The van der Waals surface area contributed by atoms with Crippen LogP contribution in [0.2, 0.25) is 5.02 Å². The van der Waals surface area contributed by atoms with Gasteiger partial charge in [-0.3, -0.25) is 14.1 Å². The molecule has 4 rings (SSSR count). The van der Waals surface area contributed by atoms with E-state index in [1.54, 1.807) is 18.2 Å². The maximum Gasteiger partial charge on any atom is 0.407 e. The molecule has 10 nitrogen and oxygen atoms in total. The SMILES string of the molecule is COC(=O)N[C@@H](Cc1ccccc1)C(=O)N[C@@H](Cc1ccc(NS(=O)(=O)O)cc1)c1csc(-c2sccc2Cl)n1. The molecule has 0 aliphatic carbocycles. The lowest BCUT2D eigenvalue weighted by atomic mass is 10.0. The van der Waals surface area contributed by atoms with Crippen LogP contribution in [0, 0.1) is 0 Å². The molecule has 0 unspecified atom stereocenters. The van der Waals surface area contributed by atoms with Crippen molar-refractivity contribution < 1.29 is 27.3 Å². The van der Waals surface area contributed by atoms with Gasteiger partial charge in [0.25, 0.3) is 0 Å².